The summed E-state index contributed by atoms with van der Waals surface area (Å²) in [6.07, 6.45) is 0. The molecule has 28 heavy (non-hydrogen) atoms. The molecule has 0 radical (unpaired) electrons. The molecule has 0 aliphatic rings. The first-order valence-electron chi connectivity index (χ1n) is 8.46. The fourth-order valence-electron chi connectivity index (χ4n) is 2.94. The molecular formula is C21H20N6O. The van der Waals surface area contributed by atoms with Gasteiger partial charge >= 0.3 is 6.03 Å². The maximum atomic E-state index is 12.3. The molecule has 0 atom stereocenters. The number of amidine groups is 2. The molecule has 0 fully saturated rings. The first kappa shape index (κ1) is 18.7. The summed E-state index contributed by atoms with van der Waals surface area (Å²) in [5, 5.41) is 15.2. The number of nitrogens with zero attached hydrogens (tertiary/aromatic N) is 1. The van der Waals surface area contributed by atoms with Crippen molar-refractivity contribution in [3.05, 3.63) is 83.9 Å². The second-order valence-corrected chi connectivity index (χ2v) is 6.15. The lowest BCUT2D eigenvalue weighted by molar-refractivity contribution is 0.256. The lowest BCUT2D eigenvalue weighted by atomic mass is 10.00. The molecule has 8 N–H and O–H groups in total. The molecule has 3 rings (SSSR count). The van der Waals surface area contributed by atoms with E-state index in [1.165, 1.54) is 4.90 Å². The zero-order valence-electron chi connectivity index (χ0n) is 15.0. The Hall–Kier alpha value is -4.13. The number of carbonyl (C=O) groups is 1. The van der Waals surface area contributed by atoms with Crippen molar-refractivity contribution >= 4 is 29.1 Å². The van der Waals surface area contributed by atoms with Gasteiger partial charge in [0.05, 0.1) is 11.4 Å². The number of hydrogen-bond donors (Lipinski definition) is 5. The fraction of sp³-hybridized carbons (Fsp3) is 0. The van der Waals surface area contributed by atoms with E-state index in [-0.39, 0.29) is 11.7 Å². The van der Waals surface area contributed by atoms with Gasteiger partial charge in [0.25, 0.3) is 0 Å². The Morgan fingerprint density at radius 3 is 2.00 bits per heavy atom. The molecule has 0 aromatic heterocycles. The highest BCUT2D eigenvalue weighted by atomic mass is 16.2. The highest BCUT2D eigenvalue weighted by molar-refractivity contribution is 6.04. The predicted molar refractivity (Wildman–Crippen MR) is 112 cm³/mol. The third-order valence-electron chi connectivity index (χ3n) is 4.29. The number of benzene rings is 3. The maximum absolute atomic E-state index is 12.3. The van der Waals surface area contributed by atoms with Gasteiger partial charge in [0.2, 0.25) is 0 Å². The Bertz CT molecular complexity index is 1060. The van der Waals surface area contributed by atoms with Crippen LogP contribution in [0.5, 0.6) is 0 Å². The number of nitrogens with two attached hydrogens (primary N) is 3. The third kappa shape index (κ3) is 3.68. The number of carbonyl (C=O) groups excluding carboxylic acids is 1. The standard InChI is InChI=1S/C21H20N6O/c22-19(23)13-8-10-16(11-9-13)27(21(26)28)18-7-2-1-6-17(18)14-4-3-5-15(12-14)20(24)25/h1-12H,(H3,22,23)(H3,24,25)(H2,26,28). The SMILES string of the molecule is N=C(N)c1ccc(N(C(N)=O)c2ccccc2-c2cccc(C(=N)N)c2)cc1. The van der Waals surface area contributed by atoms with Crippen molar-refractivity contribution in [2.75, 3.05) is 4.90 Å². The number of nitrogen functional groups attached to an aromatic ring is 2. The van der Waals surface area contributed by atoms with Crippen LogP contribution in [0.4, 0.5) is 16.2 Å². The number of primary amides is 1. The van der Waals surface area contributed by atoms with Crippen LogP contribution in [0.15, 0.2) is 72.8 Å². The van der Waals surface area contributed by atoms with Gasteiger partial charge in [0.15, 0.2) is 0 Å². The smallest absolute Gasteiger partial charge is 0.323 e. The van der Waals surface area contributed by atoms with Crippen molar-refractivity contribution < 1.29 is 4.79 Å². The van der Waals surface area contributed by atoms with Crippen LogP contribution < -0.4 is 22.1 Å². The summed E-state index contributed by atoms with van der Waals surface area (Å²) in [5.74, 6) is -0.0930. The van der Waals surface area contributed by atoms with Crippen molar-refractivity contribution in [2.24, 2.45) is 17.2 Å². The minimum atomic E-state index is -0.647. The first-order valence-corrected chi connectivity index (χ1v) is 8.46. The predicted octanol–water partition coefficient (Wildman–Crippen LogP) is 3.14. The number of amides is 2. The summed E-state index contributed by atoms with van der Waals surface area (Å²) in [6, 6.07) is 20.6. The van der Waals surface area contributed by atoms with E-state index in [9.17, 15) is 4.79 Å². The van der Waals surface area contributed by atoms with Crippen molar-refractivity contribution in [1.82, 2.24) is 0 Å². The summed E-state index contributed by atoms with van der Waals surface area (Å²) in [4.78, 5) is 13.7. The molecule has 0 aliphatic carbocycles. The van der Waals surface area contributed by atoms with Gasteiger partial charge in [-0.15, -0.1) is 0 Å². The van der Waals surface area contributed by atoms with E-state index < -0.39 is 6.03 Å². The highest BCUT2D eigenvalue weighted by Gasteiger charge is 2.19. The largest absolute Gasteiger partial charge is 0.384 e. The Morgan fingerprint density at radius 2 is 1.39 bits per heavy atom. The molecule has 0 spiro atoms. The van der Waals surface area contributed by atoms with Crippen LogP contribution in [0.1, 0.15) is 11.1 Å². The monoisotopic (exact) mass is 372 g/mol. The van der Waals surface area contributed by atoms with Crippen molar-refractivity contribution in [3.8, 4) is 11.1 Å². The van der Waals surface area contributed by atoms with Crippen molar-refractivity contribution in [1.29, 1.82) is 10.8 Å². The molecule has 3 aromatic rings. The molecule has 7 heteroatoms. The lowest BCUT2D eigenvalue weighted by Crippen LogP contribution is -2.31. The Balaban J connectivity index is 2.13. The van der Waals surface area contributed by atoms with Crippen LogP contribution in [0.3, 0.4) is 0 Å². The Kier molecular flexibility index (Phi) is 5.08. The molecule has 0 aliphatic heterocycles. The van der Waals surface area contributed by atoms with Gasteiger partial charge in [-0.1, -0.05) is 36.4 Å². The Morgan fingerprint density at radius 1 is 0.750 bits per heavy atom. The van der Waals surface area contributed by atoms with Gasteiger partial charge in [-0.25, -0.2) is 4.79 Å². The Labute approximate surface area is 162 Å². The second-order valence-electron chi connectivity index (χ2n) is 6.15. The van der Waals surface area contributed by atoms with E-state index in [2.05, 4.69) is 0 Å². The zero-order valence-corrected chi connectivity index (χ0v) is 15.0. The minimum absolute atomic E-state index is 0.0362. The molecule has 0 heterocycles. The maximum Gasteiger partial charge on any atom is 0.323 e. The van der Waals surface area contributed by atoms with Gasteiger partial charge < -0.3 is 17.2 Å². The van der Waals surface area contributed by atoms with Crippen molar-refractivity contribution in [3.63, 3.8) is 0 Å². The summed E-state index contributed by atoms with van der Waals surface area (Å²) in [5.41, 5.74) is 20.6. The van der Waals surface area contributed by atoms with E-state index in [4.69, 9.17) is 28.0 Å². The van der Waals surface area contributed by atoms with E-state index in [0.717, 1.165) is 11.1 Å². The zero-order chi connectivity index (χ0) is 20.3. The average molecular weight is 372 g/mol. The van der Waals surface area contributed by atoms with E-state index in [1.807, 2.05) is 24.3 Å². The van der Waals surface area contributed by atoms with Crippen LogP contribution in [0.25, 0.3) is 11.1 Å². The van der Waals surface area contributed by atoms with Crippen LogP contribution in [-0.4, -0.2) is 17.7 Å². The lowest BCUT2D eigenvalue weighted by Gasteiger charge is -2.24. The number of urea groups is 1. The van der Waals surface area contributed by atoms with Gasteiger partial charge in [0.1, 0.15) is 11.7 Å². The van der Waals surface area contributed by atoms with Gasteiger partial charge in [-0.2, -0.15) is 0 Å². The molecule has 2 amide bonds. The number of nitrogens with one attached hydrogen (secondary N) is 2. The molecule has 140 valence electrons. The number of anilines is 2. The van der Waals surface area contributed by atoms with E-state index >= 15 is 0 Å². The number of rotatable bonds is 5. The molecule has 0 unspecified atom stereocenters. The second kappa shape index (κ2) is 7.63. The van der Waals surface area contributed by atoms with Crippen LogP contribution in [-0.2, 0) is 0 Å². The van der Waals surface area contributed by atoms with Gasteiger partial charge in [-0.05, 0) is 42.0 Å². The normalized spacial score (nSPS) is 10.3. The van der Waals surface area contributed by atoms with Crippen LogP contribution in [0.2, 0.25) is 0 Å². The van der Waals surface area contributed by atoms with Gasteiger partial charge in [-0.3, -0.25) is 15.7 Å². The van der Waals surface area contributed by atoms with E-state index in [0.29, 0.717) is 22.5 Å². The topological polar surface area (TPSA) is 146 Å². The molecular weight excluding hydrogens is 352 g/mol. The average Bonchev–Trinajstić information content (AvgIpc) is 2.69. The molecule has 0 bridgehead atoms. The third-order valence-corrected chi connectivity index (χ3v) is 4.29. The summed E-state index contributed by atoms with van der Waals surface area (Å²) in [6.45, 7) is 0. The summed E-state index contributed by atoms with van der Waals surface area (Å²) >= 11 is 0. The summed E-state index contributed by atoms with van der Waals surface area (Å²) < 4.78 is 0. The molecule has 3 aromatic carbocycles. The molecule has 7 nitrogen and oxygen atoms in total. The van der Waals surface area contributed by atoms with Crippen LogP contribution >= 0.6 is 0 Å². The summed E-state index contributed by atoms with van der Waals surface area (Å²) in [7, 11) is 0. The highest BCUT2D eigenvalue weighted by Crippen LogP contribution is 2.35. The van der Waals surface area contributed by atoms with E-state index in [1.54, 1.807) is 48.5 Å². The quantitative estimate of drug-likeness (QED) is 0.346. The fourth-order valence-corrected chi connectivity index (χ4v) is 2.94. The minimum Gasteiger partial charge on any atom is -0.384 e. The van der Waals surface area contributed by atoms with Crippen molar-refractivity contribution in [2.45, 2.75) is 0 Å². The van der Waals surface area contributed by atoms with Gasteiger partial charge in [0, 0.05) is 16.7 Å². The van der Waals surface area contributed by atoms with Crippen LogP contribution in [0, 0.1) is 10.8 Å². The first-order chi connectivity index (χ1) is 13.4. The molecule has 0 saturated heterocycles. The number of hydrogen-bond acceptors (Lipinski definition) is 3. The molecule has 0 saturated carbocycles. The number of para-hydroxylation sites is 1.